The van der Waals surface area contributed by atoms with Crippen molar-refractivity contribution in [2.45, 2.75) is 26.3 Å². The van der Waals surface area contributed by atoms with Gasteiger partial charge in [0.15, 0.2) is 0 Å². The van der Waals surface area contributed by atoms with E-state index in [-0.39, 0.29) is 0 Å². The number of nitrogens with two attached hydrogens (primary N) is 1. The summed E-state index contributed by atoms with van der Waals surface area (Å²) in [5.41, 5.74) is 6.06. The molecule has 2 nitrogen and oxygen atoms in total. The smallest absolute Gasteiger partial charge is 0.0103 e. The molecule has 2 heteroatoms. The minimum atomic E-state index is 0.403. The van der Waals surface area contributed by atoms with Gasteiger partial charge < -0.3 is 10.6 Å². The summed E-state index contributed by atoms with van der Waals surface area (Å²) in [5, 5.41) is 0. The lowest BCUT2D eigenvalue weighted by atomic mass is 9.91. The highest BCUT2D eigenvalue weighted by Crippen LogP contribution is 2.20. The summed E-state index contributed by atoms with van der Waals surface area (Å²) in [4.78, 5) is 2.37. The standard InChI is InChI=1S/C9H20N2/c1-7(2)9(10)8-4-5-11(3)6-8/h7-9H,4-6,10H2,1-3H3. The second-order valence-corrected chi connectivity index (χ2v) is 4.13. The largest absolute Gasteiger partial charge is 0.327 e. The normalized spacial score (nSPS) is 29.7. The van der Waals surface area contributed by atoms with Crippen LogP contribution in [0.25, 0.3) is 0 Å². The Labute approximate surface area is 69.8 Å². The molecule has 0 spiro atoms. The molecule has 0 saturated carbocycles. The van der Waals surface area contributed by atoms with Crippen LogP contribution in [0.1, 0.15) is 20.3 Å². The van der Waals surface area contributed by atoms with E-state index in [4.69, 9.17) is 5.73 Å². The first-order chi connectivity index (χ1) is 5.11. The molecular formula is C9H20N2. The van der Waals surface area contributed by atoms with Crippen LogP contribution in [0.2, 0.25) is 0 Å². The summed E-state index contributed by atoms with van der Waals surface area (Å²) < 4.78 is 0. The van der Waals surface area contributed by atoms with Gasteiger partial charge in [-0.15, -0.1) is 0 Å². The van der Waals surface area contributed by atoms with Gasteiger partial charge in [0.2, 0.25) is 0 Å². The molecule has 1 fully saturated rings. The van der Waals surface area contributed by atoms with Crippen LogP contribution in [0.15, 0.2) is 0 Å². The zero-order valence-electron chi connectivity index (χ0n) is 7.88. The molecule has 1 rings (SSSR count). The second-order valence-electron chi connectivity index (χ2n) is 4.13. The molecule has 0 bridgehead atoms. The van der Waals surface area contributed by atoms with Gasteiger partial charge in [0.05, 0.1) is 0 Å². The zero-order valence-corrected chi connectivity index (χ0v) is 7.88. The lowest BCUT2D eigenvalue weighted by Gasteiger charge is -2.22. The first kappa shape index (κ1) is 9.01. The third-order valence-corrected chi connectivity index (χ3v) is 2.74. The molecule has 0 aromatic rings. The third-order valence-electron chi connectivity index (χ3n) is 2.74. The number of hydrogen-bond donors (Lipinski definition) is 1. The lowest BCUT2D eigenvalue weighted by Crippen LogP contribution is -2.36. The van der Waals surface area contributed by atoms with Crippen molar-refractivity contribution in [1.82, 2.24) is 4.90 Å². The third kappa shape index (κ3) is 2.17. The van der Waals surface area contributed by atoms with Gasteiger partial charge in [-0.1, -0.05) is 13.8 Å². The molecule has 1 heterocycles. The summed E-state index contributed by atoms with van der Waals surface area (Å²) >= 11 is 0. The van der Waals surface area contributed by atoms with Gasteiger partial charge in [0.1, 0.15) is 0 Å². The number of hydrogen-bond acceptors (Lipinski definition) is 2. The quantitative estimate of drug-likeness (QED) is 0.644. The van der Waals surface area contributed by atoms with E-state index >= 15 is 0 Å². The fourth-order valence-corrected chi connectivity index (χ4v) is 1.83. The van der Waals surface area contributed by atoms with E-state index in [1.165, 1.54) is 19.5 Å². The van der Waals surface area contributed by atoms with Crippen molar-refractivity contribution in [3.05, 3.63) is 0 Å². The Bertz CT molecular complexity index is 123. The van der Waals surface area contributed by atoms with Gasteiger partial charge in [-0.25, -0.2) is 0 Å². The molecule has 0 aromatic heterocycles. The van der Waals surface area contributed by atoms with Crippen LogP contribution in [0.4, 0.5) is 0 Å². The molecule has 0 aliphatic carbocycles. The van der Waals surface area contributed by atoms with Crippen molar-refractivity contribution < 1.29 is 0 Å². The van der Waals surface area contributed by atoms with Crippen molar-refractivity contribution >= 4 is 0 Å². The Hall–Kier alpha value is -0.0800. The second kappa shape index (κ2) is 3.55. The van der Waals surface area contributed by atoms with Crippen LogP contribution >= 0.6 is 0 Å². The number of rotatable bonds is 2. The van der Waals surface area contributed by atoms with Crippen molar-refractivity contribution in [2.75, 3.05) is 20.1 Å². The minimum Gasteiger partial charge on any atom is -0.327 e. The molecule has 0 aromatic carbocycles. The van der Waals surface area contributed by atoms with Crippen molar-refractivity contribution in [2.24, 2.45) is 17.6 Å². The lowest BCUT2D eigenvalue weighted by molar-refractivity contribution is 0.326. The van der Waals surface area contributed by atoms with Gasteiger partial charge in [-0.2, -0.15) is 0 Å². The van der Waals surface area contributed by atoms with Crippen LogP contribution in [-0.4, -0.2) is 31.1 Å². The highest BCUT2D eigenvalue weighted by molar-refractivity contribution is 4.83. The van der Waals surface area contributed by atoms with Crippen LogP contribution in [0.3, 0.4) is 0 Å². The van der Waals surface area contributed by atoms with Gasteiger partial charge in [0.25, 0.3) is 0 Å². The van der Waals surface area contributed by atoms with Gasteiger partial charge >= 0.3 is 0 Å². The Morgan fingerprint density at radius 1 is 1.45 bits per heavy atom. The predicted molar refractivity (Wildman–Crippen MR) is 48.4 cm³/mol. The summed E-state index contributed by atoms with van der Waals surface area (Å²) in [6.07, 6.45) is 1.29. The maximum atomic E-state index is 6.06. The molecule has 2 N–H and O–H groups in total. The molecule has 66 valence electrons. The van der Waals surface area contributed by atoms with Crippen LogP contribution in [-0.2, 0) is 0 Å². The van der Waals surface area contributed by atoms with Gasteiger partial charge in [-0.3, -0.25) is 0 Å². The van der Waals surface area contributed by atoms with E-state index in [1.54, 1.807) is 0 Å². The number of likely N-dealkylation sites (tertiary alicyclic amines) is 1. The summed E-state index contributed by atoms with van der Waals surface area (Å²) in [5.74, 6) is 1.37. The molecule has 2 atom stereocenters. The molecule has 1 aliphatic heterocycles. The van der Waals surface area contributed by atoms with E-state index in [2.05, 4.69) is 25.8 Å². The zero-order chi connectivity index (χ0) is 8.43. The summed E-state index contributed by atoms with van der Waals surface area (Å²) in [6.45, 7) is 6.84. The minimum absolute atomic E-state index is 0.403. The highest BCUT2D eigenvalue weighted by atomic mass is 15.1. The Morgan fingerprint density at radius 3 is 2.45 bits per heavy atom. The highest BCUT2D eigenvalue weighted by Gasteiger charge is 2.26. The maximum absolute atomic E-state index is 6.06. The van der Waals surface area contributed by atoms with Crippen molar-refractivity contribution in [1.29, 1.82) is 0 Å². The van der Waals surface area contributed by atoms with Crippen LogP contribution in [0, 0.1) is 11.8 Å². The fraction of sp³-hybridized carbons (Fsp3) is 1.00. The average Bonchev–Trinajstić information content (AvgIpc) is 2.34. The van der Waals surface area contributed by atoms with E-state index in [1.807, 2.05) is 0 Å². The molecular weight excluding hydrogens is 136 g/mol. The fourth-order valence-electron chi connectivity index (χ4n) is 1.83. The van der Waals surface area contributed by atoms with Gasteiger partial charge in [0, 0.05) is 12.6 Å². The molecule has 2 unspecified atom stereocenters. The molecule has 0 amide bonds. The van der Waals surface area contributed by atoms with Crippen LogP contribution < -0.4 is 5.73 Å². The Morgan fingerprint density at radius 2 is 2.09 bits per heavy atom. The maximum Gasteiger partial charge on any atom is 0.0103 e. The van der Waals surface area contributed by atoms with Crippen molar-refractivity contribution in [3.63, 3.8) is 0 Å². The predicted octanol–water partition coefficient (Wildman–Crippen LogP) is 0.921. The van der Waals surface area contributed by atoms with E-state index in [0.717, 1.165) is 5.92 Å². The monoisotopic (exact) mass is 156 g/mol. The van der Waals surface area contributed by atoms with Crippen molar-refractivity contribution in [3.8, 4) is 0 Å². The molecule has 11 heavy (non-hydrogen) atoms. The molecule has 0 radical (unpaired) electrons. The first-order valence-corrected chi connectivity index (χ1v) is 4.55. The SMILES string of the molecule is CC(C)C(N)C1CCN(C)C1. The Balaban J connectivity index is 2.36. The summed E-state index contributed by atoms with van der Waals surface area (Å²) in [7, 11) is 2.17. The topological polar surface area (TPSA) is 29.3 Å². The average molecular weight is 156 g/mol. The van der Waals surface area contributed by atoms with Crippen LogP contribution in [0.5, 0.6) is 0 Å². The van der Waals surface area contributed by atoms with E-state index in [0.29, 0.717) is 12.0 Å². The first-order valence-electron chi connectivity index (χ1n) is 4.55. The van der Waals surface area contributed by atoms with E-state index < -0.39 is 0 Å². The molecule has 1 aliphatic rings. The number of nitrogens with zero attached hydrogens (tertiary/aromatic N) is 1. The Kier molecular flexibility index (Phi) is 2.90. The summed E-state index contributed by atoms with van der Waals surface area (Å²) in [6, 6.07) is 0.403. The van der Waals surface area contributed by atoms with Gasteiger partial charge in [-0.05, 0) is 31.8 Å². The van der Waals surface area contributed by atoms with E-state index in [9.17, 15) is 0 Å². The molecule has 1 saturated heterocycles.